The lowest BCUT2D eigenvalue weighted by Crippen LogP contribution is -2.24. The van der Waals surface area contributed by atoms with E-state index in [9.17, 15) is 13.6 Å². The summed E-state index contributed by atoms with van der Waals surface area (Å²) in [5.41, 5.74) is 2.11. The quantitative estimate of drug-likeness (QED) is 0.915. The lowest BCUT2D eigenvalue weighted by Gasteiger charge is -2.11. The maximum atomic E-state index is 12.3. The van der Waals surface area contributed by atoms with Gasteiger partial charge in [0.15, 0.2) is 0 Å². The van der Waals surface area contributed by atoms with Crippen molar-refractivity contribution < 1.29 is 18.3 Å². The maximum Gasteiger partial charge on any atom is 0.387 e. The van der Waals surface area contributed by atoms with Crippen LogP contribution in [0.5, 0.6) is 5.75 Å². The molecule has 0 spiro atoms. The smallest absolute Gasteiger partial charge is 0.387 e. The van der Waals surface area contributed by atoms with Crippen molar-refractivity contribution in [2.75, 3.05) is 0 Å². The Morgan fingerprint density at radius 2 is 1.81 bits per heavy atom. The average Bonchev–Trinajstić information content (AvgIpc) is 2.46. The first-order chi connectivity index (χ1) is 10.1. The number of hydrogen-bond donors (Lipinski definition) is 1. The van der Waals surface area contributed by atoms with Crippen molar-refractivity contribution in [1.29, 1.82) is 0 Å². The Morgan fingerprint density at radius 1 is 1.14 bits per heavy atom. The molecule has 0 fully saturated rings. The van der Waals surface area contributed by atoms with Gasteiger partial charge in [-0.05, 0) is 30.2 Å². The SMILES string of the molecule is Cc1ccccc1CNC(=O)c1ccccc1OC(F)F. The molecule has 5 heteroatoms. The van der Waals surface area contributed by atoms with Crippen LogP contribution in [0, 0.1) is 6.92 Å². The fraction of sp³-hybridized carbons (Fsp3) is 0.188. The molecule has 0 saturated heterocycles. The van der Waals surface area contributed by atoms with E-state index in [0.717, 1.165) is 11.1 Å². The first-order valence-corrected chi connectivity index (χ1v) is 6.44. The lowest BCUT2D eigenvalue weighted by molar-refractivity contribution is -0.0501. The van der Waals surface area contributed by atoms with Crippen molar-refractivity contribution in [2.24, 2.45) is 0 Å². The number of benzene rings is 2. The Hall–Kier alpha value is -2.43. The zero-order chi connectivity index (χ0) is 15.2. The molecule has 0 heterocycles. The Morgan fingerprint density at radius 3 is 2.52 bits per heavy atom. The number of rotatable bonds is 5. The summed E-state index contributed by atoms with van der Waals surface area (Å²) in [7, 11) is 0. The normalized spacial score (nSPS) is 10.5. The van der Waals surface area contributed by atoms with Crippen molar-refractivity contribution in [3.05, 3.63) is 65.2 Å². The fourth-order valence-electron chi connectivity index (χ4n) is 1.93. The second kappa shape index (κ2) is 6.83. The third-order valence-corrected chi connectivity index (χ3v) is 3.05. The molecule has 110 valence electrons. The molecule has 1 N–H and O–H groups in total. The minimum Gasteiger partial charge on any atom is -0.434 e. The third kappa shape index (κ3) is 4.02. The summed E-state index contributed by atoms with van der Waals surface area (Å²) in [6, 6.07) is 13.6. The highest BCUT2D eigenvalue weighted by molar-refractivity contribution is 5.96. The number of amides is 1. The van der Waals surface area contributed by atoms with E-state index in [2.05, 4.69) is 10.1 Å². The molecule has 2 aromatic rings. The summed E-state index contributed by atoms with van der Waals surface area (Å²) < 4.78 is 29.0. The van der Waals surface area contributed by atoms with Gasteiger partial charge in [-0.2, -0.15) is 8.78 Å². The van der Waals surface area contributed by atoms with Gasteiger partial charge in [-0.3, -0.25) is 4.79 Å². The lowest BCUT2D eigenvalue weighted by atomic mass is 10.1. The molecule has 2 rings (SSSR count). The van der Waals surface area contributed by atoms with Crippen LogP contribution >= 0.6 is 0 Å². The number of hydrogen-bond acceptors (Lipinski definition) is 2. The van der Waals surface area contributed by atoms with E-state index < -0.39 is 12.5 Å². The van der Waals surface area contributed by atoms with Crippen molar-refractivity contribution in [2.45, 2.75) is 20.1 Å². The van der Waals surface area contributed by atoms with Gasteiger partial charge in [0.1, 0.15) is 5.75 Å². The van der Waals surface area contributed by atoms with Gasteiger partial charge >= 0.3 is 6.61 Å². The van der Waals surface area contributed by atoms with Gasteiger partial charge in [0.25, 0.3) is 5.91 Å². The number of carbonyl (C=O) groups is 1. The maximum absolute atomic E-state index is 12.3. The largest absolute Gasteiger partial charge is 0.434 e. The first-order valence-electron chi connectivity index (χ1n) is 6.44. The van der Waals surface area contributed by atoms with E-state index in [1.54, 1.807) is 6.07 Å². The van der Waals surface area contributed by atoms with E-state index in [1.807, 2.05) is 31.2 Å². The van der Waals surface area contributed by atoms with E-state index >= 15 is 0 Å². The van der Waals surface area contributed by atoms with Gasteiger partial charge in [0, 0.05) is 6.54 Å². The predicted octanol–water partition coefficient (Wildman–Crippen LogP) is 3.53. The van der Waals surface area contributed by atoms with Crippen molar-refractivity contribution in [3.8, 4) is 5.75 Å². The van der Waals surface area contributed by atoms with Gasteiger partial charge in [0.2, 0.25) is 0 Å². The summed E-state index contributed by atoms with van der Waals surface area (Å²) in [5.74, 6) is -0.579. The highest BCUT2D eigenvalue weighted by atomic mass is 19.3. The number of alkyl halides is 2. The van der Waals surface area contributed by atoms with Crippen molar-refractivity contribution in [1.82, 2.24) is 5.32 Å². The van der Waals surface area contributed by atoms with Gasteiger partial charge < -0.3 is 10.1 Å². The van der Waals surface area contributed by atoms with Gasteiger partial charge in [-0.15, -0.1) is 0 Å². The third-order valence-electron chi connectivity index (χ3n) is 3.05. The van der Waals surface area contributed by atoms with Crippen LogP contribution in [0.3, 0.4) is 0 Å². The van der Waals surface area contributed by atoms with Crippen LogP contribution in [0.25, 0.3) is 0 Å². The monoisotopic (exact) mass is 291 g/mol. The molecule has 2 aromatic carbocycles. The average molecular weight is 291 g/mol. The molecule has 0 atom stereocenters. The van der Waals surface area contributed by atoms with Crippen molar-refractivity contribution >= 4 is 5.91 Å². The zero-order valence-corrected chi connectivity index (χ0v) is 11.5. The van der Waals surface area contributed by atoms with E-state index in [4.69, 9.17) is 0 Å². The summed E-state index contributed by atoms with van der Waals surface area (Å²) >= 11 is 0. The second-order valence-electron chi connectivity index (χ2n) is 4.48. The van der Waals surface area contributed by atoms with Crippen LogP contribution in [0.4, 0.5) is 8.78 Å². The zero-order valence-electron chi connectivity index (χ0n) is 11.5. The Bertz CT molecular complexity index is 629. The molecule has 0 aliphatic carbocycles. The molecular weight excluding hydrogens is 276 g/mol. The number of nitrogens with one attached hydrogen (secondary N) is 1. The molecule has 0 saturated carbocycles. The van der Waals surface area contributed by atoms with Gasteiger partial charge in [-0.1, -0.05) is 36.4 Å². The first kappa shape index (κ1) is 15.0. The molecule has 0 bridgehead atoms. The number of ether oxygens (including phenoxy) is 1. The van der Waals surface area contributed by atoms with Gasteiger partial charge in [0.05, 0.1) is 5.56 Å². The Balaban J connectivity index is 2.09. The standard InChI is InChI=1S/C16H15F2NO2/c1-11-6-2-3-7-12(11)10-19-15(20)13-8-4-5-9-14(13)21-16(17)18/h2-9,16H,10H2,1H3,(H,19,20). The number of halogens is 2. The van der Waals surface area contributed by atoms with Gasteiger partial charge in [-0.25, -0.2) is 0 Å². The minimum absolute atomic E-state index is 0.0892. The number of aryl methyl sites for hydroxylation is 1. The summed E-state index contributed by atoms with van der Waals surface area (Å²) in [5, 5.41) is 2.71. The number of carbonyl (C=O) groups excluding carboxylic acids is 1. The van der Waals surface area contributed by atoms with Crippen LogP contribution in [0.1, 0.15) is 21.5 Å². The van der Waals surface area contributed by atoms with Crippen molar-refractivity contribution in [3.63, 3.8) is 0 Å². The van der Waals surface area contributed by atoms with E-state index in [-0.39, 0.29) is 11.3 Å². The molecule has 0 unspecified atom stereocenters. The molecule has 0 aliphatic heterocycles. The van der Waals surface area contributed by atoms with Crippen LogP contribution < -0.4 is 10.1 Å². The molecule has 0 aliphatic rings. The number of para-hydroxylation sites is 1. The molecule has 0 aromatic heterocycles. The summed E-state index contributed by atoms with van der Waals surface area (Å²) in [6.45, 7) is -0.695. The van der Waals surface area contributed by atoms with Crippen LogP contribution in [0.15, 0.2) is 48.5 Å². The molecule has 21 heavy (non-hydrogen) atoms. The Kier molecular flexibility index (Phi) is 4.87. The van der Waals surface area contributed by atoms with E-state index in [0.29, 0.717) is 6.54 Å². The Labute approximate surface area is 121 Å². The van der Waals surface area contributed by atoms with Crippen LogP contribution in [-0.4, -0.2) is 12.5 Å². The second-order valence-corrected chi connectivity index (χ2v) is 4.48. The van der Waals surface area contributed by atoms with E-state index in [1.165, 1.54) is 18.2 Å². The summed E-state index contributed by atoms with van der Waals surface area (Å²) in [4.78, 5) is 12.1. The summed E-state index contributed by atoms with van der Waals surface area (Å²) in [6.07, 6.45) is 0. The van der Waals surface area contributed by atoms with Crippen LogP contribution in [-0.2, 0) is 6.54 Å². The highest BCUT2D eigenvalue weighted by Gasteiger charge is 2.15. The molecule has 0 radical (unpaired) electrons. The highest BCUT2D eigenvalue weighted by Crippen LogP contribution is 2.20. The minimum atomic E-state index is -2.96. The molecular formula is C16H15F2NO2. The topological polar surface area (TPSA) is 38.3 Å². The molecule has 1 amide bonds. The predicted molar refractivity (Wildman–Crippen MR) is 75.4 cm³/mol. The van der Waals surface area contributed by atoms with Crippen LogP contribution in [0.2, 0.25) is 0 Å². The molecule has 3 nitrogen and oxygen atoms in total. The fourth-order valence-corrected chi connectivity index (χ4v) is 1.93.